The van der Waals surface area contributed by atoms with E-state index in [9.17, 15) is 0 Å². The highest BCUT2D eigenvalue weighted by molar-refractivity contribution is 5.68. The van der Waals surface area contributed by atoms with Gasteiger partial charge in [0.05, 0.1) is 0 Å². The van der Waals surface area contributed by atoms with Crippen molar-refractivity contribution >= 4 is 5.57 Å². The summed E-state index contributed by atoms with van der Waals surface area (Å²) in [4.78, 5) is 0. The molecule has 0 unspecified atom stereocenters. The van der Waals surface area contributed by atoms with Crippen molar-refractivity contribution in [2.75, 3.05) is 0 Å². The van der Waals surface area contributed by atoms with Crippen LogP contribution in [-0.4, -0.2) is 0 Å². The second-order valence-electron chi connectivity index (χ2n) is 4.14. The Bertz CT molecular complexity index is 334. The van der Waals surface area contributed by atoms with Crippen LogP contribution in [0, 0.1) is 6.92 Å². The standard InChI is InChI=1S/C14H18/c1-12-8-6-7-11-14(12)13-9-4-2-3-5-10-13/h6-9,11H,2-5,10H2,1H3. The molecule has 0 N–H and O–H groups in total. The number of benzene rings is 1. The maximum absolute atomic E-state index is 2.44. The SMILES string of the molecule is Cc1ccccc1C1=CCCCCC1. The minimum atomic E-state index is 1.27. The molecule has 0 nitrogen and oxygen atoms in total. The van der Waals surface area contributed by atoms with Crippen molar-refractivity contribution in [2.24, 2.45) is 0 Å². The van der Waals surface area contributed by atoms with E-state index in [1.807, 2.05) is 0 Å². The predicted octanol–water partition coefficient (Wildman–Crippen LogP) is 4.34. The van der Waals surface area contributed by atoms with Gasteiger partial charge >= 0.3 is 0 Å². The first-order valence-corrected chi connectivity index (χ1v) is 5.63. The molecule has 1 aliphatic rings. The summed E-state index contributed by atoms with van der Waals surface area (Å²) in [6.45, 7) is 2.21. The van der Waals surface area contributed by atoms with Gasteiger partial charge in [-0.15, -0.1) is 0 Å². The van der Waals surface area contributed by atoms with Gasteiger partial charge in [0.1, 0.15) is 0 Å². The lowest BCUT2D eigenvalue weighted by Crippen LogP contribution is -1.87. The smallest absolute Gasteiger partial charge is 0.0198 e. The molecule has 0 fully saturated rings. The first-order chi connectivity index (χ1) is 6.88. The summed E-state index contributed by atoms with van der Waals surface area (Å²) in [5.41, 5.74) is 4.45. The minimum Gasteiger partial charge on any atom is -0.0807 e. The lowest BCUT2D eigenvalue weighted by molar-refractivity contribution is 0.720. The summed E-state index contributed by atoms with van der Waals surface area (Å²) >= 11 is 0. The Hall–Kier alpha value is -1.04. The van der Waals surface area contributed by atoms with E-state index in [0.717, 1.165) is 0 Å². The molecule has 0 spiro atoms. The van der Waals surface area contributed by atoms with Crippen LogP contribution >= 0.6 is 0 Å². The molecule has 1 aliphatic carbocycles. The fourth-order valence-electron chi connectivity index (χ4n) is 2.19. The zero-order chi connectivity index (χ0) is 9.80. The topological polar surface area (TPSA) is 0 Å². The summed E-state index contributed by atoms with van der Waals surface area (Å²) in [5, 5.41) is 0. The molecule has 14 heavy (non-hydrogen) atoms. The molecule has 0 amide bonds. The molecular weight excluding hydrogens is 168 g/mol. The van der Waals surface area contributed by atoms with Gasteiger partial charge in [-0.05, 0) is 49.3 Å². The summed E-state index contributed by atoms with van der Waals surface area (Å²) in [6, 6.07) is 8.73. The quantitative estimate of drug-likeness (QED) is 0.612. The molecule has 0 radical (unpaired) electrons. The first kappa shape index (κ1) is 9.51. The van der Waals surface area contributed by atoms with Gasteiger partial charge in [-0.3, -0.25) is 0 Å². The Morgan fingerprint density at radius 2 is 1.86 bits per heavy atom. The van der Waals surface area contributed by atoms with Crippen LogP contribution in [0.2, 0.25) is 0 Å². The summed E-state index contributed by atoms with van der Waals surface area (Å²) in [5.74, 6) is 0. The third-order valence-electron chi connectivity index (χ3n) is 3.03. The van der Waals surface area contributed by atoms with Crippen molar-refractivity contribution < 1.29 is 0 Å². The fourth-order valence-corrected chi connectivity index (χ4v) is 2.19. The van der Waals surface area contributed by atoms with Gasteiger partial charge in [0.2, 0.25) is 0 Å². The number of aryl methyl sites for hydroxylation is 1. The van der Waals surface area contributed by atoms with Crippen LogP contribution in [-0.2, 0) is 0 Å². The minimum absolute atomic E-state index is 1.27. The van der Waals surface area contributed by atoms with E-state index < -0.39 is 0 Å². The van der Waals surface area contributed by atoms with Gasteiger partial charge in [0, 0.05) is 0 Å². The van der Waals surface area contributed by atoms with Crippen LogP contribution in [0.25, 0.3) is 5.57 Å². The van der Waals surface area contributed by atoms with Crippen molar-refractivity contribution in [3.05, 3.63) is 41.5 Å². The van der Waals surface area contributed by atoms with E-state index >= 15 is 0 Å². The van der Waals surface area contributed by atoms with Crippen LogP contribution in [0.1, 0.15) is 43.2 Å². The first-order valence-electron chi connectivity index (χ1n) is 5.63. The van der Waals surface area contributed by atoms with Crippen molar-refractivity contribution in [2.45, 2.75) is 39.0 Å². The van der Waals surface area contributed by atoms with Crippen LogP contribution in [0.3, 0.4) is 0 Å². The van der Waals surface area contributed by atoms with Crippen LogP contribution < -0.4 is 0 Å². The zero-order valence-electron chi connectivity index (χ0n) is 8.92. The molecule has 0 aromatic heterocycles. The van der Waals surface area contributed by atoms with Gasteiger partial charge in [-0.1, -0.05) is 36.8 Å². The van der Waals surface area contributed by atoms with Crippen molar-refractivity contribution in [3.8, 4) is 0 Å². The second-order valence-corrected chi connectivity index (χ2v) is 4.14. The largest absolute Gasteiger partial charge is 0.0807 e. The molecule has 2 rings (SSSR count). The van der Waals surface area contributed by atoms with Crippen LogP contribution in [0.15, 0.2) is 30.3 Å². The molecule has 0 aliphatic heterocycles. The van der Waals surface area contributed by atoms with E-state index in [1.165, 1.54) is 43.2 Å². The maximum atomic E-state index is 2.44. The van der Waals surface area contributed by atoms with Gasteiger partial charge < -0.3 is 0 Å². The van der Waals surface area contributed by atoms with Crippen LogP contribution in [0.5, 0.6) is 0 Å². The molecule has 74 valence electrons. The molecular formula is C14H18. The molecule has 0 atom stereocenters. The molecule has 0 heteroatoms. The van der Waals surface area contributed by atoms with Gasteiger partial charge in [-0.25, -0.2) is 0 Å². The Kier molecular flexibility index (Phi) is 3.03. The average Bonchev–Trinajstić information content (AvgIpc) is 2.47. The van der Waals surface area contributed by atoms with Gasteiger partial charge in [-0.2, -0.15) is 0 Å². The van der Waals surface area contributed by atoms with E-state index in [1.54, 1.807) is 5.57 Å². The van der Waals surface area contributed by atoms with Gasteiger partial charge in [0.25, 0.3) is 0 Å². The van der Waals surface area contributed by atoms with Crippen molar-refractivity contribution in [1.29, 1.82) is 0 Å². The molecule has 0 saturated heterocycles. The molecule has 0 saturated carbocycles. The summed E-state index contributed by atoms with van der Waals surface area (Å²) in [6.07, 6.45) is 9.10. The Morgan fingerprint density at radius 1 is 1.00 bits per heavy atom. The van der Waals surface area contributed by atoms with Gasteiger partial charge in [0.15, 0.2) is 0 Å². The Balaban J connectivity index is 2.29. The normalized spacial score (nSPS) is 17.4. The predicted molar refractivity (Wildman–Crippen MR) is 62.2 cm³/mol. The molecule has 0 heterocycles. The highest BCUT2D eigenvalue weighted by atomic mass is 14.1. The maximum Gasteiger partial charge on any atom is -0.0198 e. The lowest BCUT2D eigenvalue weighted by atomic mass is 9.97. The third-order valence-corrected chi connectivity index (χ3v) is 3.03. The summed E-state index contributed by atoms with van der Waals surface area (Å²) < 4.78 is 0. The van der Waals surface area contributed by atoms with Crippen molar-refractivity contribution in [1.82, 2.24) is 0 Å². The van der Waals surface area contributed by atoms with E-state index in [0.29, 0.717) is 0 Å². The average molecular weight is 186 g/mol. The summed E-state index contributed by atoms with van der Waals surface area (Å²) in [7, 11) is 0. The third kappa shape index (κ3) is 2.06. The van der Waals surface area contributed by atoms with Crippen molar-refractivity contribution in [3.63, 3.8) is 0 Å². The fraction of sp³-hybridized carbons (Fsp3) is 0.429. The van der Waals surface area contributed by atoms with E-state index in [2.05, 4.69) is 37.3 Å². The second kappa shape index (κ2) is 4.45. The van der Waals surface area contributed by atoms with E-state index in [4.69, 9.17) is 0 Å². The molecule has 1 aromatic carbocycles. The highest BCUT2D eigenvalue weighted by Gasteiger charge is 2.06. The zero-order valence-corrected chi connectivity index (χ0v) is 8.92. The number of rotatable bonds is 1. The Morgan fingerprint density at radius 3 is 2.71 bits per heavy atom. The number of hydrogen-bond donors (Lipinski definition) is 0. The number of allylic oxidation sites excluding steroid dienone is 2. The van der Waals surface area contributed by atoms with Crippen LogP contribution in [0.4, 0.5) is 0 Å². The molecule has 1 aromatic rings. The molecule has 0 bridgehead atoms. The number of hydrogen-bond acceptors (Lipinski definition) is 0. The highest BCUT2D eigenvalue weighted by Crippen LogP contribution is 2.27. The monoisotopic (exact) mass is 186 g/mol. The van der Waals surface area contributed by atoms with E-state index in [-0.39, 0.29) is 0 Å². The Labute approximate surface area is 86.7 Å². The lowest BCUT2D eigenvalue weighted by Gasteiger charge is -2.08.